The van der Waals surface area contributed by atoms with Gasteiger partial charge in [-0.2, -0.15) is 0 Å². The highest BCUT2D eigenvalue weighted by atomic mass is 79.9. The molecular weight excluding hydrogens is 387 g/mol. The summed E-state index contributed by atoms with van der Waals surface area (Å²) in [6.45, 7) is 0.874. The zero-order valence-corrected chi connectivity index (χ0v) is 14.5. The topological polar surface area (TPSA) is 50.4 Å². The molecule has 7 heteroatoms. The van der Waals surface area contributed by atoms with Crippen LogP contribution in [0.1, 0.15) is 6.42 Å². The molecule has 2 aromatic rings. The van der Waals surface area contributed by atoms with Crippen LogP contribution in [0.3, 0.4) is 0 Å². The minimum Gasteiger partial charge on any atom is -0.492 e. The third kappa shape index (κ3) is 6.08. The van der Waals surface area contributed by atoms with Crippen LogP contribution in [0.5, 0.6) is 5.75 Å². The zero-order chi connectivity index (χ0) is 16.7. The van der Waals surface area contributed by atoms with Gasteiger partial charge < -0.3 is 15.4 Å². The van der Waals surface area contributed by atoms with Crippen molar-refractivity contribution in [2.24, 2.45) is 0 Å². The number of anilines is 1. The molecule has 23 heavy (non-hydrogen) atoms. The first-order valence-electron chi connectivity index (χ1n) is 6.93. The van der Waals surface area contributed by atoms with Crippen LogP contribution >= 0.6 is 27.5 Å². The highest BCUT2D eigenvalue weighted by molar-refractivity contribution is 9.10. The molecule has 2 amide bonds. The lowest BCUT2D eigenvalue weighted by atomic mass is 10.3. The Balaban J connectivity index is 1.65. The highest BCUT2D eigenvalue weighted by Gasteiger charge is 2.03. The van der Waals surface area contributed by atoms with Gasteiger partial charge in [0.1, 0.15) is 11.6 Å². The quantitative estimate of drug-likeness (QED) is 0.681. The Morgan fingerprint density at radius 1 is 1.22 bits per heavy atom. The molecule has 0 spiro atoms. The maximum absolute atomic E-state index is 12.7. The van der Waals surface area contributed by atoms with Gasteiger partial charge >= 0.3 is 6.03 Å². The fraction of sp³-hybridized carbons (Fsp3) is 0.188. The van der Waals surface area contributed by atoms with Gasteiger partial charge in [0.05, 0.1) is 11.6 Å². The predicted molar refractivity (Wildman–Crippen MR) is 92.7 cm³/mol. The molecule has 0 heterocycles. The average Bonchev–Trinajstić information content (AvgIpc) is 2.51. The molecule has 0 aliphatic heterocycles. The molecule has 122 valence electrons. The molecule has 4 nitrogen and oxygen atoms in total. The van der Waals surface area contributed by atoms with Crippen molar-refractivity contribution in [1.82, 2.24) is 5.32 Å². The van der Waals surface area contributed by atoms with E-state index >= 15 is 0 Å². The molecule has 0 fully saturated rings. The summed E-state index contributed by atoms with van der Waals surface area (Å²) in [6.07, 6.45) is 0.628. The van der Waals surface area contributed by atoms with Gasteiger partial charge in [-0.15, -0.1) is 0 Å². The molecule has 2 aromatic carbocycles. The van der Waals surface area contributed by atoms with Gasteiger partial charge in [-0.3, -0.25) is 0 Å². The largest absolute Gasteiger partial charge is 0.492 e. The fourth-order valence-electron chi connectivity index (χ4n) is 1.76. The van der Waals surface area contributed by atoms with E-state index in [2.05, 4.69) is 26.6 Å². The summed E-state index contributed by atoms with van der Waals surface area (Å²) in [5, 5.41) is 5.83. The summed E-state index contributed by atoms with van der Waals surface area (Å²) in [5.74, 6) is 0.255. The standard InChI is InChI=1S/C16H15BrClFN2O2/c17-11-2-7-15(14(18)10-11)23-9-1-8-20-16(22)21-13-5-3-12(19)4-6-13/h2-7,10H,1,8-9H2,(H2,20,21,22). The van der Waals surface area contributed by atoms with Gasteiger partial charge in [-0.05, 0) is 48.9 Å². The lowest BCUT2D eigenvalue weighted by Crippen LogP contribution is -2.30. The SMILES string of the molecule is O=C(NCCCOc1ccc(Br)cc1Cl)Nc1ccc(F)cc1. The van der Waals surface area contributed by atoms with Gasteiger partial charge in [-0.25, -0.2) is 9.18 Å². The summed E-state index contributed by atoms with van der Waals surface area (Å²) >= 11 is 9.35. The monoisotopic (exact) mass is 400 g/mol. The number of urea groups is 1. The molecule has 0 unspecified atom stereocenters. The number of nitrogens with one attached hydrogen (secondary N) is 2. The van der Waals surface area contributed by atoms with E-state index < -0.39 is 0 Å². The smallest absolute Gasteiger partial charge is 0.319 e. The lowest BCUT2D eigenvalue weighted by molar-refractivity contribution is 0.250. The van der Waals surface area contributed by atoms with Crippen LogP contribution in [0.2, 0.25) is 5.02 Å². The molecule has 2 N–H and O–H groups in total. The first-order valence-corrected chi connectivity index (χ1v) is 8.10. The molecule has 0 saturated heterocycles. The lowest BCUT2D eigenvalue weighted by Gasteiger charge is -2.10. The van der Waals surface area contributed by atoms with E-state index in [1.807, 2.05) is 6.07 Å². The summed E-state index contributed by atoms with van der Waals surface area (Å²) in [5.41, 5.74) is 0.529. The number of hydrogen-bond donors (Lipinski definition) is 2. The maximum Gasteiger partial charge on any atom is 0.319 e. The Labute approximate surface area is 147 Å². The highest BCUT2D eigenvalue weighted by Crippen LogP contribution is 2.27. The molecular formula is C16H15BrClFN2O2. The van der Waals surface area contributed by atoms with Gasteiger partial charge in [0.25, 0.3) is 0 Å². The fourth-order valence-corrected chi connectivity index (χ4v) is 2.48. The minimum absolute atomic E-state index is 0.347. The predicted octanol–water partition coefficient (Wildman–Crippen LogP) is 4.83. The Hall–Kier alpha value is -1.79. The number of ether oxygens (including phenoxy) is 1. The minimum atomic E-state index is -0.349. The van der Waals surface area contributed by atoms with Gasteiger partial charge in [0, 0.05) is 16.7 Å². The van der Waals surface area contributed by atoms with Crippen molar-refractivity contribution in [1.29, 1.82) is 0 Å². The van der Waals surface area contributed by atoms with E-state index in [1.165, 1.54) is 24.3 Å². The molecule has 0 aliphatic carbocycles. The van der Waals surface area contributed by atoms with Crippen LogP contribution in [0, 0.1) is 5.82 Å². The van der Waals surface area contributed by atoms with Crippen molar-refractivity contribution in [2.75, 3.05) is 18.5 Å². The molecule has 0 radical (unpaired) electrons. The molecule has 2 rings (SSSR count). The summed E-state index contributed by atoms with van der Waals surface area (Å²) in [4.78, 5) is 11.6. The molecule has 0 saturated carbocycles. The van der Waals surface area contributed by atoms with Gasteiger partial charge in [0.15, 0.2) is 0 Å². The molecule has 0 bridgehead atoms. The number of carbonyl (C=O) groups is 1. The van der Waals surface area contributed by atoms with Crippen molar-refractivity contribution in [3.8, 4) is 5.75 Å². The average molecular weight is 402 g/mol. The van der Waals surface area contributed by atoms with Crippen molar-refractivity contribution in [3.05, 3.63) is 57.8 Å². The molecule has 0 aliphatic rings. The Kier molecular flexibility index (Phi) is 6.67. The second-order valence-electron chi connectivity index (χ2n) is 4.66. The summed E-state index contributed by atoms with van der Waals surface area (Å²) in [6, 6.07) is 10.6. The first-order chi connectivity index (χ1) is 11.0. The summed E-state index contributed by atoms with van der Waals surface area (Å²) in [7, 11) is 0. The number of amides is 2. The van der Waals surface area contributed by atoms with E-state index in [0.29, 0.717) is 36.0 Å². The van der Waals surface area contributed by atoms with Crippen LogP contribution in [0.15, 0.2) is 46.9 Å². The van der Waals surface area contributed by atoms with Crippen LogP contribution < -0.4 is 15.4 Å². The van der Waals surface area contributed by atoms with Crippen molar-refractivity contribution in [2.45, 2.75) is 6.42 Å². The molecule has 0 atom stereocenters. The zero-order valence-electron chi connectivity index (χ0n) is 12.1. The van der Waals surface area contributed by atoms with Crippen LogP contribution in [-0.4, -0.2) is 19.2 Å². The van der Waals surface area contributed by atoms with E-state index in [4.69, 9.17) is 16.3 Å². The third-order valence-corrected chi connectivity index (χ3v) is 3.65. The maximum atomic E-state index is 12.7. The van der Waals surface area contributed by atoms with Crippen LogP contribution in [-0.2, 0) is 0 Å². The Bertz CT molecular complexity index is 668. The molecule has 0 aromatic heterocycles. The number of benzene rings is 2. The number of carbonyl (C=O) groups excluding carboxylic acids is 1. The number of hydrogen-bond acceptors (Lipinski definition) is 2. The van der Waals surface area contributed by atoms with E-state index in [1.54, 1.807) is 12.1 Å². The number of halogens is 3. The van der Waals surface area contributed by atoms with Crippen molar-refractivity contribution < 1.29 is 13.9 Å². The third-order valence-electron chi connectivity index (χ3n) is 2.86. The van der Waals surface area contributed by atoms with E-state index in [9.17, 15) is 9.18 Å². The van der Waals surface area contributed by atoms with Gasteiger partial charge in [-0.1, -0.05) is 27.5 Å². The second kappa shape index (κ2) is 8.74. The van der Waals surface area contributed by atoms with Gasteiger partial charge in [0.2, 0.25) is 0 Å². The van der Waals surface area contributed by atoms with Crippen LogP contribution in [0.4, 0.5) is 14.9 Å². The van der Waals surface area contributed by atoms with Crippen molar-refractivity contribution >= 4 is 39.2 Å². The van der Waals surface area contributed by atoms with Crippen molar-refractivity contribution in [3.63, 3.8) is 0 Å². The second-order valence-corrected chi connectivity index (χ2v) is 5.99. The Morgan fingerprint density at radius 3 is 2.65 bits per heavy atom. The Morgan fingerprint density at radius 2 is 1.96 bits per heavy atom. The van der Waals surface area contributed by atoms with Crippen LogP contribution in [0.25, 0.3) is 0 Å². The van der Waals surface area contributed by atoms with E-state index in [0.717, 1.165) is 4.47 Å². The first kappa shape index (κ1) is 17.6. The summed E-state index contributed by atoms with van der Waals surface area (Å²) < 4.78 is 19.2. The normalized spacial score (nSPS) is 10.2. The number of rotatable bonds is 6. The van der Waals surface area contributed by atoms with E-state index in [-0.39, 0.29) is 11.8 Å².